The molecule has 1 heterocycles. The molecular formula is C26H34O2Si. The Bertz CT molecular complexity index is 812. The summed E-state index contributed by atoms with van der Waals surface area (Å²) >= 11 is 0. The van der Waals surface area contributed by atoms with Crippen molar-refractivity contribution in [3.63, 3.8) is 0 Å². The Kier molecular flexibility index (Phi) is 5.13. The Hall–Kier alpha value is -1.68. The van der Waals surface area contributed by atoms with Gasteiger partial charge in [-0.05, 0) is 34.7 Å². The largest absolute Gasteiger partial charge is 0.404 e. The topological polar surface area (TPSA) is 21.8 Å². The molecule has 2 aromatic rings. The first-order valence-electron chi connectivity index (χ1n) is 10.8. The van der Waals surface area contributed by atoms with Crippen LogP contribution in [0.1, 0.15) is 47.0 Å². The van der Waals surface area contributed by atoms with Gasteiger partial charge in [-0.25, -0.2) is 0 Å². The molecule has 1 saturated carbocycles. The van der Waals surface area contributed by atoms with E-state index in [1.54, 1.807) is 0 Å². The Morgan fingerprint density at radius 1 is 1.03 bits per heavy atom. The van der Waals surface area contributed by atoms with Crippen LogP contribution < -0.4 is 10.4 Å². The number of hydrogen-bond acceptors (Lipinski definition) is 2. The molecule has 2 nitrogen and oxygen atoms in total. The third-order valence-electron chi connectivity index (χ3n) is 7.06. The minimum absolute atomic E-state index is 0.0109. The fraction of sp³-hybridized carbons (Fsp3) is 0.462. The van der Waals surface area contributed by atoms with Crippen LogP contribution in [0.15, 0.2) is 73.3 Å². The zero-order chi connectivity index (χ0) is 20.8. The molecule has 3 heteroatoms. The maximum Gasteiger partial charge on any atom is 0.261 e. The van der Waals surface area contributed by atoms with Crippen molar-refractivity contribution in [3.05, 3.63) is 73.3 Å². The lowest BCUT2D eigenvalue weighted by atomic mass is 9.69. The van der Waals surface area contributed by atoms with Crippen LogP contribution in [-0.2, 0) is 9.16 Å². The van der Waals surface area contributed by atoms with Gasteiger partial charge in [-0.15, -0.1) is 6.58 Å². The van der Waals surface area contributed by atoms with Gasteiger partial charge in [0.15, 0.2) is 0 Å². The quantitative estimate of drug-likeness (QED) is 0.392. The number of ether oxygens (including phenoxy) is 1. The molecular weight excluding hydrogens is 372 g/mol. The second kappa shape index (κ2) is 7.23. The minimum atomic E-state index is -2.56. The Balaban J connectivity index is 1.83. The van der Waals surface area contributed by atoms with Crippen molar-refractivity contribution in [1.29, 1.82) is 0 Å². The smallest absolute Gasteiger partial charge is 0.261 e. The lowest BCUT2D eigenvalue weighted by Gasteiger charge is -2.50. The summed E-state index contributed by atoms with van der Waals surface area (Å²) in [6.45, 7) is 14.5. The normalized spacial score (nSPS) is 29.6. The van der Waals surface area contributed by atoms with E-state index in [4.69, 9.17) is 9.16 Å². The SMILES string of the molecule is C=C[C@]1(C)C[C@@]2(CC[C@H]1O[Si](c1ccccc1)(c1ccccc1)C(C)(C)C)CO2. The molecule has 1 aliphatic carbocycles. The summed E-state index contributed by atoms with van der Waals surface area (Å²) in [7, 11) is -2.56. The molecule has 2 aliphatic rings. The molecule has 4 rings (SSSR count). The molecule has 0 unspecified atom stereocenters. The summed E-state index contributed by atoms with van der Waals surface area (Å²) in [6, 6.07) is 21.9. The lowest BCUT2D eigenvalue weighted by Crippen LogP contribution is -2.69. The van der Waals surface area contributed by atoms with E-state index in [0.29, 0.717) is 0 Å². The molecule has 0 amide bonds. The number of rotatable bonds is 5. The first-order valence-corrected chi connectivity index (χ1v) is 12.7. The van der Waals surface area contributed by atoms with Gasteiger partial charge in [-0.1, -0.05) is 94.4 Å². The minimum Gasteiger partial charge on any atom is -0.404 e. The van der Waals surface area contributed by atoms with Gasteiger partial charge in [0.2, 0.25) is 0 Å². The van der Waals surface area contributed by atoms with Crippen LogP contribution in [-0.4, -0.2) is 26.6 Å². The van der Waals surface area contributed by atoms with Gasteiger partial charge in [0.25, 0.3) is 8.32 Å². The number of hydrogen-bond donors (Lipinski definition) is 0. The zero-order valence-electron chi connectivity index (χ0n) is 18.3. The molecule has 2 aromatic carbocycles. The fourth-order valence-corrected chi connectivity index (χ4v) is 10.1. The highest BCUT2D eigenvalue weighted by Gasteiger charge is 2.58. The third kappa shape index (κ3) is 3.54. The van der Waals surface area contributed by atoms with Crippen LogP contribution >= 0.6 is 0 Å². The molecule has 0 bridgehead atoms. The Labute approximate surface area is 177 Å². The summed E-state index contributed by atoms with van der Waals surface area (Å²) in [6.07, 6.45) is 5.37. The molecule has 0 aromatic heterocycles. The summed E-state index contributed by atoms with van der Waals surface area (Å²) < 4.78 is 13.3. The van der Waals surface area contributed by atoms with E-state index in [2.05, 4.69) is 101 Å². The van der Waals surface area contributed by atoms with Crippen molar-refractivity contribution in [2.75, 3.05) is 6.61 Å². The van der Waals surface area contributed by atoms with Crippen LogP contribution in [0.3, 0.4) is 0 Å². The maximum atomic E-state index is 7.46. The molecule has 0 radical (unpaired) electrons. The highest BCUT2D eigenvalue weighted by atomic mass is 28.4. The van der Waals surface area contributed by atoms with E-state index in [9.17, 15) is 0 Å². The van der Waals surface area contributed by atoms with E-state index in [-0.39, 0.29) is 22.2 Å². The lowest BCUT2D eigenvalue weighted by molar-refractivity contribution is 0.0120. The van der Waals surface area contributed by atoms with Gasteiger partial charge < -0.3 is 9.16 Å². The standard InChI is InChI=1S/C26H34O2Si/c1-6-25(5)19-26(20-27-26)18-17-23(25)28-29(24(2,3)4,21-13-9-7-10-14-21)22-15-11-8-12-16-22/h6-16,23H,1,17-20H2,2-5H3/t23-,25-,26+/m1/s1. The summed E-state index contributed by atoms with van der Waals surface area (Å²) in [5.41, 5.74) is -0.00392. The monoisotopic (exact) mass is 406 g/mol. The van der Waals surface area contributed by atoms with Crippen molar-refractivity contribution < 1.29 is 9.16 Å². The van der Waals surface area contributed by atoms with Gasteiger partial charge in [0.05, 0.1) is 18.3 Å². The molecule has 2 fully saturated rings. The average Bonchev–Trinajstić information content (AvgIpc) is 3.46. The van der Waals surface area contributed by atoms with Crippen LogP contribution in [0.5, 0.6) is 0 Å². The van der Waals surface area contributed by atoms with E-state index < -0.39 is 8.32 Å². The number of benzene rings is 2. The second-order valence-electron chi connectivity index (χ2n) is 10.2. The first-order chi connectivity index (χ1) is 13.7. The average molecular weight is 407 g/mol. The molecule has 1 aliphatic heterocycles. The summed E-state index contributed by atoms with van der Waals surface area (Å²) in [5, 5.41) is 2.67. The van der Waals surface area contributed by atoms with Crippen molar-refractivity contribution >= 4 is 18.7 Å². The Morgan fingerprint density at radius 3 is 1.97 bits per heavy atom. The predicted octanol–water partition coefficient (Wildman–Crippen LogP) is 5.08. The van der Waals surface area contributed by atoms with E-state index in [1.165, 1.54) is 10.4 Å². The van der Waals surface area contributed by atoms with Crippen molar-refractivity contribution in [2.24, 2.45) is 5.41 Å². The second-order valence-corrected chi connectivity index (χ2v) is 14.4. The van der Waals surface area contributed by atoms with Crippen LogP contribution in [0.25, 0.3) is 0 Å². The van der Waals surface area contributed by atoms with Gasteiger partial charge in [0, 0.05) is 5.41 Å². The maximum absolute atomic E-state index is 7.46. The van der Waals surface area contributed by atoms with Gasteiger partial charge in [0.1, 0.15) is 0 Å². The third-order valence-corrected chi connectivity index (χ3v) is 12.1. The summed E-state index contributed by atoms with van der Waals surface area (Å²) in [5.74, 6) is 0. The molecule has 0 N–H and O–H groups in total. The molecule has 29 heavy (non-hydrogen) atoms. The number of epoxide rings is 1. The van der Waals surface area contributed by atoms with Gasteiger partial charge >= 0.3 is 0 Å². The van der Waals surface area contributed by atoms with Crippen LogP contribution in [0.2, 0.25) is 5.04 Å². The predicted molar refractivity (Wildman–Crippen MR) is 123 cm³/mol. The molecule has 1 spiro atoms. The van der Waals surface area contributed by atoms with Crippen molar-refractivity contribution in [2.45, 2.75) is 63.7 Å². The Morgan fingerprint density at radius 2 is 1.55 bits per heavy atom. The summed E-state index contributed by atoms with van der Waals surface area (Å²) in [4.78, 5) is 0. The highest BCUT2D eigenvalue weighted by Crippen LogP contribution is 2.53. The molecule has 3 atom stereocenters. The van der Waals surface area contributed by atoms with Gasteiger partial charge in [-0.3, -0.25) is 0 Å². The van der Waals surface area contributed by atoms with Crippen LogP contribution in [0, 0.1) is 5.41 Å². The molecule has 154 valence electrons. The van der Waals surface area contributed by atoms with E-state index in [1.807, 2.05) is 0 Å². The van der Waals surface area contributed by atoms with E-state index >= 15 is 0 Å². The van der Waals surface area contributed by atoms with E-state index in [0.717, 1.165) is 25.9 Å². The van der Waals surface area contributed by atoms with Crippen molar-refractivity contribution in [3.8, 4) is 0 Å². The van der Waals surface area contributed by atoms with Gasteiger partial charge in [-0.2, -0.15) is 0 Å². The van der Waals surface area contributed by atoms with Crippen LogP contribution in [0.4, 0.5) is 0 Å². The zero-order valence-corrected chi connectivity index (χ0v) is 19.3. The fourth-order valence-electron chi connectivity index (χ4n) is 5.27. The molecule has 1 saturated heterocycles. The first kappa shape index (κ1) is 20.6. The highest BCUT2D eigenvalue weighted by molar-refractivity contribution is 6.99. The van der Waals surface area contributed by atoms with Crippen molar-refractivity contribution in [1.82, 2.24) is 0 Å².